The van der Waals surface area contributed by atoms with Crippen LogP contribution in [0.5, 0.6) is 0 Å². The van der Waals surface area contributed by atoms with Crippen LogP contribution in [0.3, 0.4) is 0 Å². The van der Waals surface area contributed by atoms with Crippen molar-refractivity contribution in [1.29, 1.82) is 0 Å². The van der Waals surface area contributed by atoms with Crippen LogP contribution in [0.15, 0.2) is 0 Å². The third kappa shape index (κ3) is 7.62. The average molecular weight is 312 g/mol. The Kier molecular flexibility index (Phi) is 5.50. The summed E-state index contributed by atoms with van der Waals surface area (Å²) in [4.78, 5) is 13.7. The maximum Gasteiger partial charge on any atom is 0.410 e. The molecule has 0 aromatic carbocycles. The van der Waals surface area contributed by atoms with Crippen molar-refractivity contribution in [3.05, 3.63) is 0 Å². The zero-order valence-electron chi connectivity index (χ0n) is 11.7. The Bertz CT molecular complexity index is 412. The molecule has 1 aliphatic carbocycles. The lowest BCUT2D eigenvalue weighted by molar-refractivity contribution is 0.0231. The molecule has 1 fully saturated rings. The highest BCUT2D eigenvalue weighted by Gasteiger charge is 2.34. The van der Waals surface area contributed by atoms with Crippen LogP contribution in [0.1, 0.15) is 46.5 Å². The van der Waals surface area contributed by atoms with Crippen molar-refractivity contribution in [3.8, 4) is 0 Å². The van der Waals surface area contributed by atoms with Crippen molar-refractivity contribution in [2.75, 3.05) is 12.3 Å². The fourth-order valence-corrected chi connectivity index (χ4v) is 2.56. The molecule has 1 rings (SSSR count). The monoisotopic (exact) mass is 311 g/mol. The summed E-state index contributed by atoms with van der Waals surface area (Å²) in [5, 5.41) is 0. The molecule has 5 nitrogen and oxygen atoms in total. The summed E-state index contributed by atoms with van der Waals surface area (Å²) in [5.74, 6) is -0.0542. The van der Waals surface area contributed by atoms with E-state index in [1.165, 1.54) is 0 Å². The van der Waals surface area contributed by atoms with Crippen molar-refractivity contribution in [2.45, 2.75) is 58.1 Å². The van der Waals surface area contributed by atoms with Gasteiger partial charge in [0, 0.05) is 23.3 Å². The number of hydrogen-bond donors (Lipinski definition) is 0. The van der Waals surface area contributed by atoms with Crippen molar-refractivity contribution in [2.24, 2.45) is 0 Å². The summed E-state index contributed by atoms with van der Waals surface area (Å²) < 4.78 is 26.9. The number of rotatable bonds is 6. The second-order valence-electron chi connectivity index (χ2n) is 5.85. The number of nitrogens with zero attached hydrogens (tertiary/aromatic N) is 1. The third-order valence-electron chi connectivity index (χ3n) is 2.65. The molecule has 19 heavy (non-hydrogen) atoms. The predicted molar refractivity (Wildman–Crippen MR) is 74.8 cm³/mol. The Hall–Kier alpha value is -0.490. The van der Waals surface area contributed by atoms with E-state index in [0.717, 1.165) is 12.8 Å². The molecular formula is C12H22ClNO4S. The number of halogens is 1. The zero-order valence-corrected chi connectivity index (χ0v) is 13.3. The first kappa shape index (κ1) is 16.6. The maximum atomic E-state index is 12.0. The SMILES string of the molecule is CC(C)(C)OC(=O)N(CCCCS(=O)(=O)Cl)C1CC1. The van der Waals surface area contributed by atoms with Crippen LogP contribution in [-0.4, -0.2) is 43.4 Å². The van der Waals surface area contributed by atoms with Crippen molar-refractivity contribution in [3.63, 3.8) is 0 Å². The normalized spacial score (nSPS) is 16.2. The Labute approximate surface area is 119 Å². The molecule has 0 unspecified atom stereocenters. The topological polar surface area (TPSA) is 63.7 Å². The molecule has 0 radical (unpaired) electrons. The minimum atomic E-state index is -3.44. The molecule has 1 amide bonds. The van der Waals surface area contributed by atoms with E-state index in [4.69, 9.17) is 15.4 Å². The second-order valence-corrected chi connectivity index (χ2v) is 8.75. The molecule has 0 spiro atoms. The van der Waals surface area contributed by atoms with E-state index in [1.54, 1.807) is 4.90 Å². The van der Waals surface area contributed by atoms with Crippen molar-refractivity contribution < 1.29 is 17.9 Å². The van der Waals surface area contributed by atoms with Crippen molar-refractivity contribution in [1.82, 2.24) is 4.90 Å². The first-order valence-electron chi connectivity index (χ1n) is 6.50. The first-order valence-corrected chi connectivity index (χ1v) is 8.98. The highest BCUT2D eigenvalue weighted by molar-refractivity contribution is 8.13. The van der Waals surface area contributed by atoms with Crippen LogP contribution >= 0.6 is 10.7 Å². The lowest BCUT2D eigenvalue weighted by Crippen LogP contribution is -2.38. The van der Waals surface area contributed by atoms with Gasteiger partial charge in [-0.25, -0.2) is 13.2 Å². The van der Waals surface area contributed by atoms with E-state index in [1.807, 2.05) is 20.8 Å². The number of unbranched alkanes of at least 4 members (excludes halogenated alkanes) is 1. The van der Waals surface area contributed by atoms with Gasteiger partial charge >= 0.3 is 6.09 Å². The highest BCUT2D eigenvalue weighted by Crippen LogP contribution is 2.28. The Morgan fingerprint density at radius 2 is 1.89 bits per heavy atom. The molecule has 0 bridgehead atoms. The zero-order chi connectivity index (χ0) is 14.7. The van der Waals surface area contributed by atoms with Gasteiger partial charge in [-0.05, 0) is 46.5 Å². The summed E-state index contributed by atoms with van der Waals surface area (Å²) in [7, 11) is 1.70. The summed E-state index contributed by atoms with van der Waals surface area (Å²) in [6.07, 6.45) is 2.74. The lowest BCUT2D eigenvalue weighted by Gasteiger charge is -2.27. The summed E-state index contributed by atoms with van der Waals surface area (Å²) in [6, 6.07) is 0.252. The average Bonchev–Trinajstić information content (AvgIpc) is 2.96. The molecule has 0 heterocycles. The van der Waals surface area contributed by atoms with E-state index in [-0.39, 0.29) is 17.9 Å². The minimum Gasteiger partial charge on any atom is -0.444 e. The maximum absolute atomic E-state index is 12.0. The summed E-state index contributed by atoms with van der Waals surface area (Å²) >= 11 is 0. The van der Waals surface area contributed by atoms with E-state index in [2.05, 4.69) is 0 Å². The molecule has 112 valence electrons. The lowest BCUT2D eigenvalue weighted by atomic mass is 10.2. The number of hydrogen-bond acceptors (Lipinski definition) is 4. The predicted octanol–water partition coefficient (Wildman–Crippen LogP) is 2.73. The largest absolute Gasteiger partial charge is 0.444 e. The molecule has 7 heteroatoms. The van der Waals surface area contributed by atoms with Crippen LogP contribution < -0.4 is 0 Å². The third-order valence-corrected chi connectivity index (χ3v) is 3.89. The van der Waals surface area contributed by atoms with Crippen LogP contribution in [0.2, 0.25) is 0 Å². The molecule has 0 aromatic heterocycles. The highest BCUT2D eigenvalue weighted by atomic mass is 35.7. The quantitative estimate of drug-likeness (QED) is 0.559. The Morgan fingerprint density at radius 3 is 2.32 bits per heavy atom. The van der Waals surface area contributed by atoms with Gasteiger partial charge in [0.05, 0.1) is 5.75 Å². The summed E-state index contributed by atoms with van der Waals surface area (Å²) in [6.45, 7) is 6.01. The molecule has 0 aliphatic heterocycles. The molecule has 0 N–H and O–H groups in total. The van der Waals surface area contributed by atoms with Gasteiger partial charge in [0.1, 0.15) is 5.60 Å². The van der Waals surface area contributed by atoms with Gasteiger partial charge in [-0.15, -0.1) is 0 Å². The fraction of sp³-hybridized carbons (Fsp3) is 0.917. The van der Waals surface area contributed by atoms with Crippen LogP contribution in [0, 0.1) is 0 Å². The van der Waals surface area contributed by atoms with Crippen LogP contribution in [-0.2, 0) is 13.8 Å². The van der Waals surface area contributed by atoms with Crippen LogP contribution in [0.25, 0.3) is 0 Å². The Morgan fingerprint density at radius 1 is 1.32 bits per heavy atom. The molecule has 0 aromatic rings. The van der Waals surface area contributed by atoms with E-state index < -0.39 is 14.7 Å². The van der Waals surface area contributed by atoms with E-state index >= 15 is 0 Å². The molecule has 1 saturated carbocycles. The molecule has 1 aliphatic rings. The van der Waals surface area contributed by atoms with Gasteiger partial charge in [0.2, 0.25) is 9.05 Å². The van der Waals surface area contributed by atoms with E-state index in [0.29, 0.717) is 19.4 Å². The molecule has 0 saturated heterocycles. The minimum absolute atomic E-state index is 0.0542. The van der Waals surface area contributed by atoms with Gasteiger partial charge in [-0.2, -0.15) is 0 Å². The standard InChI is InChI=1S/C12H22ClNO4S/c1-12(2,3)18-11(15)14(10-6-7-10)8-4-5-9-19(13,16)17/h10H,4-9H2,1-3H3. The van der Waals surface area contributed by atoms with Crippen LogP contribution in [0.4, 0.5) is 4.79 Å². The fourth-order valence-electron chi connectivity index (χ4n) is 1.69. The number of ether oxygens (including phenoxy) is 1. The molecular weight excluding hydrogens is 290 g/mol. The van der Waals surface area contributed by atoms with Crippen molar-refractivity contribution >= 4 is 25.8 Å². The van der Waals surface area contributed by atoms with Gasteiger partial charge in [0.25, 0.3) is 0 Å². The second kappa shape index (κ2) is 6.31. The van der Waals surface area contributed by atoms with Gasteiger partial charge in [-0.1, -0.05) is 0 Å². The van der Waals surface area contributed by atoms with E-state index in [9.17, 15) is 13.2 Å². The number of carbonyl (C=O) groups excluding carboxylic acids is 1. The first-order chi connectivity index (χ1) is 8.58. The summed E-state index contributed by atoms with van der Waals surface area (Å²) in [5.41, 5.74) is -0.510. The number of amides is 1. The smallest absolute Gasteiger partial charge is 0.410 e. The Balaban J connectivity index is 2.39. The molecule has 0 atom stereocenters. The van der Waals surface area contributed by atoms with Gasteiger partial charge < -0.3 is 9.64 Å². The van der Waals surface area contributed by atoms with Gasteiger partial charge in [-0.3, -0.25) is 0 Å². The van der Waals surface area contributed by atoms with Gasteiger partial charge in [0.15, 0.2) is 0 Å². The number of carbonyl (C=O) groups is 1.